The second-order valence-electron chi connectivity index (χ2n) is 6.50. The van der Waals surface area contributed by atoms with Gasteiger partial charge in [-0.1, -0.05) is 46.3 Å². The van der Waals surface area contributed by atoms with Gasteiger partial charge in [-0.25, -0.2) is 9.38 Å². The van der Waals surface area contributed by atoms with Crippen molar-refractivity contribution in [2.75, 3.05) is 7.11 Å². The zero-order valence-electron chi connectivity index (χ0n) is 15.7. The molecule has 2 heterocycles. The molecule has 0 saturated heterocycles. The predicted octanol–water partition coefficient (Wildman–Crippen LogP) is 4.41. The lowest BCUT2D eigenvalue weighted by atomic mass is 10.2. The summed E-state index contributed by atoms with van der Waals surface area (Å²) >= 11 is 4.97. The highest BCUT2D eigenvalue weighted by Gasteiger charge is 2.14. The predicted molar refractivity (Wildman–Crippen MR) is 117 cm³/mol. The summed E-state index contributed by atoms with van der Waals surface area (Å²) in [7, 11) is 1.61. The van der Waals surface area contributed by atoms with Crippen molar-refractivity contribution in [2.45, 2.75) is 26.4 Å². The number of rotatable bonds is 5. The molecular formula is C21H19BrN2O3S. The second kappa shape index (κ2) is 7.56. The van der Waals surface area contributed by atoms with E-state index in [1.165, 1.54) is 11.3 Å². The third kappa shape index (κ3) is 3.29. The average molecular weight is 459 g/mol. The lowest BCUT2D eigenvalue weighted by molar-refractivity contribution is 0.207. The van der Waals surface area contributed by atoms with Gasteiger partial charge in [-0.15, -0.1) is 0 Å². The molecule has 28 heavy (non-hydrogen) atoms. The quantitative estimate of drug-likeness (QED) is 0.444. The van der Waals surface area contributed by atoms with Crippen LogP contribution in [0, 0.1) is 0 Å². The Bertz CT molecular complexity index is 1280. The van der Waals surface area contributed by atoms with Crippen molar-refractivity contribution in [3.63, 3.8) is 0 Å². The van der Waals surface area contributed by atoms with Gasteiger partial charge >= 0.3 is 0 Å². The van der Waals surface area contributed by atoms with Gasteiger partial charge in [0.15, 0.2) is 16.5 Å². The van der Waals surface area contributed by atoms with Crippen LogP contribution in [0.4, 0.5) is 0 Å². The lowest BCUT2D eigenvalue weighted by Crippen LogP contribution is -2.22. The van der Waals surface area contributed by atoms with E-state index in [4.69, 9.17) is 9.47 Å². The van der Waals surface area contributed by atoms with Crippen LogP contribution in [-0.4, -0.2) is 22.6 Å². The van der Waals surface area contributed by atoms with E-state index in [0.29, 0.717) is 21.0 Å². The molecule has 2 aromatic heterocycles. The first-order chi connectivity index (χ1) is 13.5. The van der Waals surface area contributed by atoms with Crippen molar-refractivity contribution in [2.24, 2.45) is 0 Å². The fourth-order valence-corrected chi connectivity index (χ4v) is 4.38. The summed E-state index contributed by atoms with van der Waals surface area (Å²) in [6, 6.07) is 11.4. The summed E-state index contributed by atoms with van der Waals surface area (Å²) in [5.41, 5.74) is 2.43. The topological polar surface area (TPSA) is 52.8 Å². The zero-order chi connectivity index (χ0) is 19.8. The van der Waals surface area contributed by atoms with E-state index in [9.17, 15) is 4.79 Å². The number of thiazole rings is 1. The average Bonchev–Trinajstić information content (AvgIpc) is 3.20. The van der Waals surface area contributed by atoms with Crippen molar-refractivity contribution in [1.82, 2.24) is 9.38 Å². The number of nitrogens with zero attached hydrogens (tertiary/aromatic N) is 2. The Morgan fingerprint density at radius 1 is 1.29 bits per heavy atom. The molecule has 0 amide bonds. The first-order valence-electron chi connectivity index (χ1n) is 8.97. The van der Waals surface area contributed by atoms with Gasteiger partial charge in [-0.2, -0.15) is 0 Å². The molecule has 0 N–H and O–H groups in total. The van der Waals surface area contributed by atoms with Gasteiger partial charge in [-0.05, 0) is 49.2 Å². The number of ether oxygens (including phenoxy) is 2. The summed E-state index contributed by atoms with van der Waals surface area (Å²) in [6.45, 7) is 4.09. The Labute approximate surface area is 174 Å². The van der Waals surface area contributed by atoms with E-state index >= 15 is 0 Å². The van der Waals surface area contributed by atoms with Crippen molar-refractivity contribution in [3.8, 4) is 11.5 Å². The van der Waals surface area contributed by atoms with E-state index in [0.717, 1.165) is 27.5 Å². The number of hydrogen-bond acceptors (Lipinski definition) is 5. The van der Waals surface area contributed by atoms with Crippen LogP contribution in [0.5, 0.6) is 11.5 Å². The molecule has 0 radical (unpaired) electrons. The van der Waals surface area contributed by atoms with Gasteiger partial charge in [0.2, 0.25) is 0 Å². The minimum Gasteiger partial charge on any atom is -0.493 e. The van der Waals surface area contributed by atoms with E-state index in [-0.39, 0.29) is 11.7 Å². The van der Waals surface area contributed by atoms with Crippen LogP contribution in [-0.2, 0) is 0 Å². The number of fused-ring (bicyclic) bond motifs is 3. The number of methoxy groups -OCH3 is 1. The van der Waals surface area contributed by atoms with E-state index < -0.39 is 0 Å². The van der Waals surface area contributed by atoms with Crippen LogP contribution >= 0.6 is 27.3 Å². The molecule has 0 spiro atoms. The summed E-state index contributed by atoms with van der Waals surface area (Å²) in [5.74, 6) is 1.31. The van der Waals surface area contributed by atoms with Crippen molar-refractivity contribution < 1.29 is 9.47 Å². The fraction of sp³-hybridized carbons (Fsp3) is 0.238. The summed E-state index contributed by atoms with van der Waals surface area (Å²) in [6.07, 6.45) is 2.84. The fourth-order valence-electron chi connectivity index (χ4n) is 2.97. The minimum atomic E-state index is -0.0699. The Hall–Kier alpha value is -2.38. The smallest absolute Gasteiger partial charge is 0.274 e. The van der Waals surface area contributed by atoms with Gasteiger partial charge < -0.3 is 9.47 Å². The Kier molecular flexibility index (Phi) is 5.12. The van der Waals surface area contributed by atoms with Crippen LogP contribution < -0.4 is 19.6 Å². The summed E-state index contributed by atoms with van der Waals surface area (Å²) < 4.78 is 14.6. The largest absolute Gasteiger partial charge is 0.493 e. The molecule has 0 saturated carbocycles. The molecule has 0 fully saturated rings. The summed E-state index contributed by atoms with van der Waals surface area (Å²) in [5, 5.41) is 0. The van der Waals surface area contributed by atoms with E-state index in [2.05, 4.69) is 27.8 Å². The molecule has 0 aliphatic carbocycles. The number of hydrogen-bond donors (Lipinski definition) is 0. The maximum atomic E-state index is 13.0. The molecule has 7 heteroatoms. The molecule has 0 bridgehead atoms. The number of imidazole rings is 1. The first kappa shape index (κ1) is 19.0. The SMILES string of the molecule is CCC(C)Oc1cc(Br)c(C=c2sc3nc4ccccc4n3c2=O)cc1OC. The number of para-hydroxylation sites is 2. The molecule has 0 aliphatic heterocycles. The second-order valence-corrected chi connectivity index (χ2v) is 8.36. The highest BCUT2D eigenvalue weighted by molar-refractivity contribution is 9.10. The molecule has 144 valence electrons. The van der Waals surface area contributed by atoms with Crippen molar-refractivity contribution in [3.05, 3.63) is 61.3 Å². The van der Waals surface area contributed by atoms with E-state index in [1.807, 2.05) is 49.4 Å². The maximum absolute atomic E-state index is 13.0. The van der Waals surface area contributed by atoms with Crippen molar-refractivity contribution in [1.29, 1.82) is 0 Å². The standard InChI is InChI=1S/C21H19BrN2O3S/c1-4-12(2)27-18-11-14(22)13(9-17(18)26-3)10-19-20(25)24-16-8-6-5-7-15(16)23-21(24)28-19/h5-12H,4H2,1-3H3. The van der Waals surface area contributed by atoms with Crippen LogP contribution in [0.3, 0.4) is 0 Å². The molecule has 0 aliphatic rings. The normalized spacial score (nSPS) is 13.4. The van der Waals surface area contributed by atoms with Gasteiger partial charge in [0.05, 0.1) is 28.8 Å². The van der Waals surface area contributed by atoms with Gasteiger partial charge in [0, 0.05) is 4.47 Å². The number of aromatic nitrogens is 2. The highest BCUT2D eigenvalue weighted by atomic mass is 79.9. The van der Waals surface area contributed by atoms with Crippen molar-refractivity contribution >= 4 is 49.3 Å². The monoisotopic (exact) mass is 458 g/mol. The third-order valence-electron chi connectivity index (χ3n) is 4.62. The Balaban J connectivity index is 1.84. The molecule has 1 unspecified atom stereocenters. The first-order valence-corrected chi connectivity index (χ1v) is 10.6. The molecule has 1 atom stereocenters. The molecule has 4 rings (SSSR count). The van der Waals surface area contributed by atoms with Crippen LogP contribution in [0.25, 0.3) is 22.1 Å². The lowest BCUT2D eigenvalue weighted by Gasteiger charge is -2.16. The Morgan fingerprint density at radius 3 is 2.82 bits per heavy atom. The van der Waals surface area contributed by atoms with Gasteiger partial charge in [0.25, 0.3) is 5.56 Å². The van der Waals surface area contributed by atoms with Crippen LogP contribution in [0.15, 0.2) is 45.7 Å². The maximum Gasteiger partial charge on any atom is 0.274 e. The van der Waals surface area contributed by atoms with Crippen LogP contribution in [0.2, 0.25) is 0 Å². The molecule has 2 aromatic carbocycles. The Morgan fingerprint density at radius 2 is 2.07 bits per heavy atom. The molecule has 4 aromatic rings. The van der Waals surface area contributed by atoms with E-state index in [1.54, 1.807) is 11.5 Å². The van der Waals surface area contributed by atoms with Gasteiger partial charge in [-0.3, -0.25) is 4.79 Å². The number of benzene rings is 2. The minimum absolute atomic E-state index is 0.0699. The number of halogens is 1. The third-order valence-corrected chi connectivity index (χ3v) is 6.27. The van der Waals surface area contributed by atoms with Gasteiger partial charge in [0.1, 0.15) is 0 Å². The van der Waals surface area contributed by atoms with Crippen LogP contribution in [0.1, 0.15) is 25.8 Å². The highest BCUT2D eigenvalue weighted by Crippen LogP contribution is 2.34. The zero-order valence-corrected chi connectivity index (χ0v) is 18.1. The summed E-state index contributed by atoms with van der Waals surface area (Å²) in [4.78, 5) is 18.2. The molecular weight excluding hydrogens is 440 g/mol. The molecule has 5 nitrogen and oxygen atoms in total.